The van der Waals surface area contributed by atoms with Crippen molar-refractivity contribution in [2.24, 2.45) is 0 Å². The molecule has 1 aromatic carbocycles. The second-order valence-corrected chi connectivity index (χ2v) is 3.28. The van der Waals surface area contributed by atoms with E-state index in [-0.39, 0.29) is 0 Å². The smallest absolute Gasteiger partial charge is 0.119 e. The van der Waals surface area contributed by atoms with Gasteiger partial charge >= 0.3 is 0 Å². The van der Waals surface area contributed by atoms with Gasteiger partial charge in [-0.3, -0.25) is 0 Å². The van der Waals surface area contributed by atoms with E-state index in [1.165, 1.54) is 0 Å². The lowest BCUT2D eigenvalue weighted by molar-refractivity contribution is 0.341. The largest absolute Gasteiger partial charge is 0.504 e. The summed E-state index contributed by atoms with van der Waals surface area (Å²) in [6.45, 7) is 0. The number of benzene rings is 1. The average molecular weight is 243 g/mol. The molecule has 0 heterocycles. The summed E-state index contributed by atoms with van der Waals surface area (Å²) in [6, 6.07) is 5.77. The SMILES string of the molecule is CO/C=C/c1cc(OC)ccc1Br. The second kappa shape index (κ2) is 4.92. The normalized spacial score (nSPS) is 10.4. The highest BCUT2D eigenvalue weighted by molar-refractivity contribution is 9.10. The van der Waals surface area contributed by atoms with Crippen molar-refractivity contribution in [3.63, 3.8) is 0 Å². The topological polar surface area (TPSA) is 18.5 Å². The van der Waals surface area contributed by atoms with Crippen LogP contribution >= 0.6 is 15.9 Å². The molecule has 0 aliphatic heterocycles. The van der Waals surface area contributed by atoms with E-state index in [2.05, 4.69) is 15.9 Å². The highest BCUT2D eigenvalue weighted by Crippen LogP contribution is 2.23. The van der Waals surface area contributed by atoms with E-state index in [0.717, 1.165) is 15.8 Å². The molecule has 3 heteroatoms. The summed E-state index contributed by atoms with van der Waals surface area (Å²) in [5.41, 5.74) is 1.03. The maximum atomic E-state index is 5.09. The molecule has 1 aromatic rings. The fourth-order valence-electron chi connectivity index (χ4n) is 0.918. The molecule has 2 nitrogen and oxygen atoms in total. The van der Waals surface area contributed by atoms with E-state index in [1.54, 1.807) is 20.5 Å². The van der Waals surface area contributed by atoms with E-state index >= 15 is 0 Å². The molecule has 0 saturated heterocycles. The third-order valence-corrected chi connectivity index (χ3v) is 2.31. The van der Waals surface area contributed by atoms with E-state index < -0.39 is 0 Å². The molecule has 0 N–H and O–H groups in total. The van der Waals surface area contributed by atoms with Gasteiger partial charge in [-0.05, 0) is 29.8 Å². The summed E-state index contributed by atoms with van der Waals surface area (Å²) in [4.78, 5) is 0. The number of hydrogen-bond donors (Lipinski definition) is 0. The van der Waals surface area contributed by atoms with Crippen LogP contribution in [0.15, 0.2) is 28.9 Å². The third-order valence-electron chi connectivity index (χ3n) is 1.59. The van der Waals surface area contributed by atoms with Crippen LogP contribution in [0.2, 0.25) is 0 Å². The molecule has 0 amide bonds. The van der Waals surface area contributed by atoms with Gasteiger partial charge in [-0.2, -0.15) is 0 Å². The lowest BCUT2D eigenvalue weighted by atomic mass is 10.2. The van der Waals surface area contributed by atoms with Crippen LogP contribution in [0.25, 0.3) is 6.08 Å². The molecule has 0 bridgehead atoms. The molecule has 13 heavy (non-hydrogen) atoms. The Labute approximate surface area is 86.3 Å². The standard InChI is InChI=1S/C10H11BrO2/c1-12-6-5-8-7-9(13-2)3-4-10(8)11/h3-7H,1-2H3/b6-5+. The Hall–Kier alpha value is -0.960. The van der Waals surface area contributed by atoms with Crippen molar-refractivity contribution in [2.75, 3.05) is 14.2 Å². The first-order valence-corrected chi connectivity index (χ1v) is 4.60. The van der Waals surface area contributed by atoms with Crippen LogP contribution in [0.3, 0.4) is 0 Å². The number of methoxy groups -OCH3 is 2. The van der Waals surface area contributed by atoms with Gasteiger partial charge in [0, 0.05) is 4.47 Å². The minimum atomic E-state index is 0.832. The summed E-state index contributed by atoms with van der Waals surface area (Å²) in [5.74, 6) is 0.832. The Morgan fingerprint density at radius 3 is 2.69 bits per heavy atom. The molecule has 0 atom stereocenters. The summed E-state index contributed by atoms with van der Waals surface area (Å²) in [5, 5.41) is 0. The number of hydrogen-bond acceptors (Lipinski definition) is 2. The van der Waals surface area contributed by atoms with Crippen molar-refractivity contribution in [1.82, 2.24) is 0 Å². The zero-order valence-electron chi connectivity index (χ0n) is 7.58. The average Bonchev–Trinajstić information content (AvgIpc) is 2.17. The first-order chi connectivity index (χ1) is 6.27. The molecule has 70 valence electrons. The third kappa shape index (κ3) is 2.77. The second-order valence-electron chi connectivity index (χ2n) is 2.43. The van der Waals surface area contributed by atoms with Gasteiger partial charge in [-0.1, -0.05) is 15.9 Å². The Bertz CT molecular complexity index is 308. The predicted molar refractivity (Wildman–Crippen MR) is 56.7 cm³/mol. The van der Waals surface area contributed by atoms with E-state index in [0.29, 0.717) is 0 Å². The van der Waals surface area contributed by atoms with Crippen molar-refractivity contribution < 1.29 is 9.47 Å². The number of ether oxygens (including phenoxy) is 2. The van der Waals surface area contributed by atoms with Crippen LogP contribution in [-0.4, -0.2) is 14.2 Å². The molecular weight excluding hydrogens is 232 g/mol. The molecule has 0 unspecified atom stereocenters. The highest BCUT2D eigenvalue weighted by Gasteiger charge is 1.97. The Balaban J connectivity index is 2.97. The van der Waals surface area contributed by atoms with E-state index in [9.17, 15) is 0 Å². The monoisotopic (exact) mass is 242 g/mol. The van der Waals surface area contributed by atoms with Crippen molar-refractivity contribution in [3.05, 3.63) is 34.5 Å². The molecule has 0 spiro atoms. The first kappa shape index (κ1) is 10.1. The molecule has 0 aromatic heterocycles. The fourth-order valence-corrected chi connectivity index (χ4v) is 1.30. The Morgan fingerprint density at radius 1 is 1.31 bits per heavy atom. The van der Waals surface area contributed by atoms with Crippen LogP contribution in [0, 0.1) is 0 Å². The predicted octanol–water partition coefficient (Wildman–Crippen LogP) is 3.07. The van der Waals surface area contributed by atoms with Crippen molar-refractivity contribution in [2.45, 2.75) is 0 Å². The molecule has 0 radical (unpaired) electrons. The summed E-state index contributed by atoms with van der Waals surface area (Å²) >= 11 is 3.43. The number of halogens is 1. The van der Waals surface area contributed by atoms with E-state index in [1.807, 2.05) is 24.3 Å². The van der Waals surface area contributed by atoms with Crippen molar-refractivity contribution in [1.29, 1.82) is 0 Å². The van der Waals surface area contributed by atoms with E-state index in [4.69, 9.17) is 9.47 Å². The minimum absolute atomic E-state index is 0.832. The first-order valence-electron chi connectivity index (χ1n) is 3.81. The molecular formula is C10H11BrO2. The van der Waals surface area contributed by atoms with Crippen LogP contribution in [0.5, 0.6) is 5.75 Å². The molecule has 0 saturated carbocycles. The zero-order chi connectivity index (χ0) is 9.68. The molecule has 0 aliphatic carbocycles. The van der Waals surface area contributed by atoms with Gasteiger partial charge in [0.25, 0.3) is 0 Å². The van der Waals surface area contributed by atoms with Gasteiger partial charge in [-0.25, -0.2) is 0 Å². The fraction of sp³-hybridized carbons (Fsp3) is 0.200. The quantitative estimate of drug-likeness (QED) is 0.759. The van der Waals surface area contributed by atoms with Gasteiger partial charge in [-0.15, -0.1) is 0 Å². The molecule has 0 fully saturated rings. The van der Waals surface area contributed by atoms with Gasteiger partial charge in [0.2, 0.25) is 0 Å². The summed E-state index contributed by atoms with van der Waals surface area (Å²) < 4.78 is 10.9. The van der Waals surface area contributed by atoms with Gasteiger partial charge < -0.3 is 9.47 Å². The van der Waals surface area contributed by atoms with Crippen molar-refractivity contribution in [3.8, 4) is 5.75 Å². The Morgan fingerprint density at radius 2 is 2.08 bits per heavy atom. The summed E-state index contributed by atoms with van der Waals surface area (Å²) in [6.07, 6.45) is 3.49. The van der Waals surface area contributed by atoms with Crippen molar-refractivity contribution >= 4 is 22.0 Å². The maximum absolute atomic E-state index is 5.09. The molecule has 1 rings (SSSR count). The van der Waals surface area contributed by atoms with Gasteiger partial charge in [0.05, 0.1) is 20.5 Å². The highest BCUT2D eigenvalue weighted by atomic mass is 79.9. The number of rotatable bonds is 3. The summed E-state index contributed by atoms with van der Waals surface area (Å²) in [7, 11) is 3.26. The van der Waals surface area contributed by atoms with Gasteiger partial charge in [0.1, 0.15) is 5.75 Å². The van der Waals surface area contributed by atoms with Crippen LogP contribution < -0.4 is 4.74 Å². The lowest BCUT2D eigenvalue weighted by Crippen LogP contribution is -1.84. The van der Waals surface area contributed by atoms with Crippen LogP contribution in [0.4, 0.5) is 0 Å². The lowest BCUT2D eigenvalue weighted by Gasteiger charge is -2.02. The van der Waals surface area contributed by atoms with Gasteiger partial charge in [0.15, 0.2) is 0 Å². The molecule has 0 aliphatic rings. The Kier molecular flexibility index (Phi) is 3.83. The van der Waals surface area contributed by atoms with Crippen LogP contribution in [0.1, 0.15) is 5.56 Å². The zero-order valence-corrected chi connectivity index (χ0v) is 9.17. The minimum Gasteiger partial charge on any atom is -0.504 e. The maximum Gasteiger partial charge on any atom is 0.119 e. The van der Waals surface area contributed by atoms with Crippen LogP contribution in [-0.2, 0) is 4.74 Å².